The van der Waals surface area contributed by atoms with E-state index >= 15 is 0 Å². The van der Waals surface area contributed by atoms with Crippen molar-refractivity contribution in [2.75, 3.05) is 5.32 Å². The summed E-state index contributed by atoms with van der Waals surface area (Å²) in [5.74, 6) is 0. The van der Waals surface area contributed by atoms with Gasteiger partial charge in [0, 0.05) is 24.0 Å². The number of halogens is 3. The highest BCUT2D eigenvalue weighted by Crippen LogP contribution is 2.34. The number of alkyl halides is 3. The van der Waals surface area contributed by atoms with Crippen molar-refractivity contribution in [1.29, 1.82) is 0 Å². The Hall–Kier alpha value is -2.38. The van der Waals surface area contributed by atoms with Crippen molar-refractivity contribution in [3.8, 4) is 0 Å². The van der Waals surface area contributed by atoms with E-state index in [9.17, 15) is 23.3 Å². The number of nitrogens with one attached hydrogen (secondary N) is 1. The molecule has 0 heterocycles. The van der Waals surface area contributed by atoms with Crippen LogP contribution < -0.4 is 5.32 Å². The van der Waals surface area contributed by atoms with Crippen LogP contribution >= 0.6 is 0 Å². The number of nitro benzene ring substituents is 1. The van der Waals surface area contributed by atoms with E-state index in [1.54, 1.807) is 6.92 Å². The molecule has 5 nitrogen and oxygen atoms in total. The Kier molecular flexibility index (Phi) is 7.12. The van der Waals surface area contributed by atoms with Crippen molar-refractivity contribution in [3.63, 3.8) is 0 Å². The van der Waals surface area contributed by atoms with Crippen LogP contribution in [0.1, 0.15) is 26.3 Å². The fraction of sp³-hybridized carbons (Fsp3) is 0.308. The smallest absolute Gasteiger partial charge is 0.360 e. The molecule has 1 N–H and O–H groups in total. The molecule has 0 bridgehead atoms. The molecule has 8 heteroatoms. The Morgan fingerprint density at radius 1 is 1.38 bits per heavy atom. The normalized spacial score (nSPS) is 11.2. The zero-order valence-electron chi connectivity index (χ0n) is 11.9. The summed E-state index contributed by atoms with van der Waals surface area (Å²) in [5, 5.41) is 13.1. The van der Waals surface area contributed by atoms with Crippen LogP contribution in [0.4, 0.5) is 24.5 Å². The van der Waals surface area contributed by atoms with Crippen molar-refractivity contribution in [1.82, 2.24) is 0 Å². The number of hydrogen-bond donors (Lipinski definition) is 1. The number of aliphatic imine (C=N–C) groups is 1. The second-order valence-electron chi connectivity index (χ2n) is 3.61. The van der Waals surface area contributed by atoms with E-state index in [4.69, 9.17) is 0 Å². The summed E-state index contributed by atoms with van der Waals surface area (Å²) in [6.07, 6.45) is -3.36. The fourth-order valence-electron chi connectivity index (χ4n) is 1.20. The maximum Gasteiger partial charge on any atom is 0.416 e. The summed E-state index contributed by atoms with van der Waals surface area (Å²) in [4.78, 5) is 13.2. The molecule has 0 aliphatic heterocycles. The molecule has 116 valence electrons. The summed E-state index contributed by atoms with van der Waals surface area (Å²) < 4.78 is 37.7. The number of non-ortho nitro benzene ring substituents is 1. The highest BCUT2D eigenvalue weighted by Gasteiger charge is 2.32. The van der Waals surface area contributed by atoms with Crippen LogP contribution in [0.25, 0.3) is 0 Å². The van der Waals surface area contributed by atoms with Crippen LogP contribution in [0.5, 0.6) is 0 Å². The zero-order valence-corrected chi connectivity index (χ0v) is 11.9. The van der Waals surface area contributed by atoms with Gasteiger partial charge in [0.25, 0.3) is 5.69 Å². The van der Waals surface area contributed by atoms with Gasteiger partial charge in [-0.2, -0.15) is 13.2 Å². The minimum absolute atomic E-state index is 0.0514. The highest BCUT2D eigenvalue weighted by atomic mass is 19.4. The Morgan fingerprint density at radius 3 is 2.38 bits per heavy atom. The number of nitrogens with zero attached hydrogens (tertiary/aromatic N) is 2. The molecule has 1 aromatic carbocycles. The first-order chi connectivity index (χ1) is 9.74. The van der Waals surface area contributed by atoms with Crippen molar-refractivity contribution < 1.29 is 18.1 Å². The number of hydrogen-bond acceptors (Lipinski definition) is 4. The highest BCUT2D eigenvalue weighted by molar-refractivity contribution is 5.56. The predicted molar refractivity (Wildman–Crippen MR) is 76.4 cm³/mol. The lowest BCUT2D eigenvalue weighted by Gasteiger charge is -2.09. The molecule has 21 heavy (non-hydrogen) atoms. The van der Waals surface area contributed by atoms with Crippen molar-refractivity contribution in [3.05, 3.63) is 45.8 Å². The fourth-order valence-corrected chi connectivity index (χ4v) is 1.20. The van der Waals surface area contributed by atoms with E-state index in [0.717, 1.165) is 12.1 Å². The molecule has 0 fully saturated rings. The molecule has 0 aliphatic rings. The molecule has 0 amide bonds. The summed E-state index contributed by atoms with van der Waals surface area (Å²) >= 11 is 0. The predicted octanol–water partition coefficient (Wildman–Crippen LogP) is 4.61. The second kappa shape index (κ2) is 8.03. The number of benzene rings is 1. The molecule has 0 aliphatic carbocycles. The maximum atomic E-state index is 12.6. The van der Waals surface area contributed by atoms with Crippen molar-refractivity contribution in [2.45, 2.75) is 26.9 Å². The Bertz CT molecular complexity index is 540. The number of anilines is 1. The number of nitro groups is 1. The van der Waals surface area contributed by atoms with Crippen molar-refractivity contribution in [2.24, 2.45) is 4.99 Å². The third-order valence-corrected chi connectivity index (χ3v) is 2.15. The summed E-state index contributed by atoms with van der Waals surface area (Å²) in [7, 11) is 0. The Morgan fingerprint density at radius 2 is 1.95 bits per heavy atom. The molecule has 0 aromatic heterocycles. The van der Waals surface area contributed by atoms with Crippen LogP contribution in [0.3, 0.4) is 0 Å². The van der Waals surface area contributed by atoms with Crippen LogP contribution in [0, 0.1) is 10.1 Å². The van der Waals surface area contributed by atoms with Gasteiger partial charge in [0.15, 0.2) is 0 Å². The van der Waals surface area contributed by atoms with E-state index < -0.39 is 22.4 Å². The largest absolute Gasteiger partial charge is 0.416 e. The quantitative estimate of drug-likeness (QED) is 0.501. The average Bonchev–Trinajstić information content (AvgIpc) is 2.45. The Labute approximate surface area is 120 Å². The minimum atomic E-state index is -4.65. The molecule has 0 saturated carbocycles. The van der Waals surface area contributed by atoms with Gasteiger partial charge in [-0.3, -0.25) is 15.1 Å². The lowest BCUT2D eigenvalue weighted by atomic mass is 10.1. The van der Waals surface area contributed by atoms with Gasteiger partial charge in [-0.15, -0.1) is 0 Å². The van der Waals surface area contributed by atoms with Gasteiger partial charge in [0.2, 0.25) is 0 Å². The number of rotatable bonds is 4. The summed E-state index contributed by atoms with van der Waals surface area (Å²) in [6.45, 7) is 8.80. The van der Waals surface area contributed by atoms with Crippen molar-refractivity contribution >= 4 is 18.1 Å². The molecule has 0 atom stereocenters. The monoisotopic (exact) mass is 303 g/mol. The standard InChI is InChI=1S/C11H10F3N3O2.C2H6/c1-7(15-2)6-16-9-3-8(11(12,13)14)4-10(5-9)17(18)19;1-2/h3-6,16H,2H2,1H3;1-2H3/b7-6-;. The van der Waals surface area contributed by atoms with E-state index in [2.05, 4.69) is 17.0 Å². The van der Waals surface area contributed by atoms with Gasteiger partial charge < -0.3 is 5.32 Å². The molecule has 0 saturated heterocycles. The summed E-state index contributed by atoms with van der Waals surface area (Å²) in [5.41, 5.74) is -1.36. The molecule has 0 radical (unpaired) electrons. The molecular formula is C13H16F3N3O2. The van der Waals surface area contributed by atoms with Gasteiger partial charge in [-0.05, 0) is 19.7 Å². The first-order valence-electron chi connectivity index (χ1n) is 6.00. The van der Waals surface area contributed by atoms with Crippen LogP contribution in [0.15, 0.2) is 35.1 Å². The molecule has 0 unspecified atom stereocenters. The third kappa shape index (κ3) is 6.07. The van der Waals surface area contributed by atoms with E-state index in [-0.39, 0.29) is 5.69 Å². The topological polar surface area (TPSA) is 67.5 Å². The van der Waals surface area contributed by atoms with Gasteiger partial charge in [-0.25, -0.2) is 0 Å². The first-order valence-corrected chi connectivity index (χ1v) is 6.00. The summed E-state index contributed by atoms with van der Waals surface area (Å²) in [6, 6.07) is 2.26. The maximum absolute atomic E-state index is 12.6. The second-order valence-corrected chi connectivity index (χ2v) is 3.61. The van der Waals surface area contributed by atoms with Gasteiger partial charge in [0.05, 0.1) is 16.2 Å². The lowest BCUT2D eigenvalue weighted by Crippen LogP contribution is -2.06. The first kappa shape index (κ1) is 18.6. The SMILES string of the molecule is C=N/C(C)=C\Nc1cc([N+](=O)[O-])cc(C(F)(F)F)c1.CC. The number of allylic oxidation sites excluding steroid dienone is 1. The molecule has 1 aromatic rings. The Balaban J connectivity index is 0.00000191. The van der Waals surface area contributed by atoms with Crippen LogP contribution in [-0.4, -0.2) is 11.6 Å². The van der Waals surface area contributed by atoms with Crippen LogP contribution in [-0.2, 0) is 6.18 Å². The molecule has 1 rings (SSSR count). The zero-order chi connectivity index (χ0) is 16.6. The average molecular weight is 303 g/mol. The van der Waals surface area contributed by atoms with Gasteiger partial charge >= 0.3 is 6.18 Å². The third-order valence-electron chi connectivity index (χ3n) is 2.15. The van der Waals surface area contributed by atoms with Gasteiger partial charge in [0.1, 0.15) is 0 Å². The van der Waals surface area contributed by atoms with E-state index in [1.807, 2.05) is 13.8 Å². The molecular weight excluding hydrogens is 287 g/mol. The van der Waals surface area contributed by atoms with E-state index in [0.29, 0.717) is 11.8 Å². The lowest BCUT2D eigenvalue weighted by molar-refractivity contribution is -0.385. The minimum Gasteiger partial charge on any atom is -0.360 e. The van der Waals surface area contributed by atoms with Crippen LogP contribution in [0.2, 0.25) is 0 Å². The van der Waals surface area contributed by atoms with E-state index in [1.165, 1.54) is 6.20 Å². The van der Waals surface area contributed by atoms with Gasteiger partial charge in [-0.1, -0.05) is 13.8 Å². The molecule has 0 spiro atoms.